The Hall–Kier alpha value is -1.00. The van der Waals surface area contributed by atoms with Crippen LogP contribution in [-0.4, -0.2) is 41.9 Å². The van der Waals surface area contributed by atoms with Crippen molar-refractivity contribution in [1.29, 1.82) is 0 Å². The third kappa shape index (κ3) is 2.87. The van der Waals surface area contributed by atoms with Crippen LogP contribution in [0, 0.1) is 5.92 Å². The Balaban J connectivity index is 2.08. The van der Waals surface area contributed by atoms with Gasteiger partial charge in [0.25, 0.3) is 5.91 Å². The van der Waals surface area contributed by atoms with E-state index in [0.29, 0.717) is 5.92 Å². The van der Waals surface area contributed by atoms with Gasteiger partial charge in [-0.2, -0.15) is 0 Å². The van der Waals surface area contributed by atoms with E-state index in [9.17, 15) is 4.79 Å². The summed E-state index contributed by atoms with van der Waals surface area (Å²) in [4.78, 5) is 15.4. The summed E-state index contributed by atoms with van der Waals surface area (Å²) in [5.74, 6) is 0.487. The number of benzene rings is 1. The maximum absolute atomic E-state index is 12.4. The van der Waals surface area contributed by atoms with Crippen LogP contribution in [0.3, 0.4) is 0 Å². The molecule has 1 N–H and O–H groups in total. The molecule has 18 heavy (non-hydrogen) atoms. The van der Waals surface area contributed by atoms with E-state index in [0.717, 1.165) is 36.4 Å². The minimum Gasteiger partial charge on any atom is -0.396 e. The number of amides is 1. The smallest absolute Gasteiger partial charge is 0.254 e. The van der Waals surface area contributed by atoms with Gasteiger partial charge in [-0.25, -0.2) is 0 Å². The van der Waals surface area contributed by atoms with E-state index < -0.39 is 0 Å². The van der Waals surface area contributed by atoms with Gasteiger partial charge in [0.1, 0.15) is 0 Å². The van der Waals surface area contributed by atoms with Crippen molar-refractivity contribution in [3.63, 3.8) is 0 Å². The van der Waals surface area contributed by atoms with Crippen molar-refractivity contribution >= 4 is 17.7 Å². The molecule has 0 atom stereocenters. The maximum Gasteiger partial charge on any atom is 0.254 e. The molecule has 1 amide bonds. The zero-order valence-electron chi connectivity index (χ0n) is 10.6. The Kier molecular flexibility index (Phi) is 4.66. The molecule has 0 spiro atoms. The van der Waals surface area contributed by atoms with E-state index in [4.69, 9.17) is 5.11 Å². The lowest BCUT2D eigenvalue weighted by Crippen LogP contribution is -2.39. The van der Waals surface area contributed by atoms with Crippen LogP contribution in [0.15, 0.2) is 29.2 Å². The van der Waals surface area contributed by atoms with Gasteiger partial charge in [0.2, 0.25) is 0 Å². The number of carbonyl (C=O) groups is 1. The predicted octanol–water partition coefficient (Wildman–Crippen LogP) is 2.25. The SMILES string of the molecule is CSc1ccccc1C(=O)N1CCC(CO)CC1. The number of thioether (sulfide) groups is 1. The van der Waals surface area contributed by atoms with Crippen molar-refractivity contribution in [1.82, 2.24) is 4.90 Å². The third-order valence-corrected chi connectivity index (χ3v) is 4.29. The summed E-state index contributed by atoms with van der Waals surface area (Å²) < 4.78 is 0. The standard InChI is InChI=1S/C14H19NO2S/c1-18-13-5-3-2-4-12(13)14(17)15-8-6-11(10-16)7-9-15/h2-5,11,16H,6-10H2,1H3. The van der Waals surface area contributed by atoms with Gasteiger partial charge in [-0.1, -0.05) is 12.1 Å². The van der Waals surface area contributed by atoms with Gasteiger partial charge in [0.05, 0.1) is 5.56 Å². The van der Waals surface area contributed by atoms with Gasteiger partial charge in [-0.15, -0.1) is 11.8 Å². The van der Waals surface area contributed by atoms with E-state index in [1.54, 1.807) is 11.8 Å². The Labute approximate surface area is 112 Å². The number of rotatable bonds is 3. The van der Waals surface area contributed by atoms with E-state index in [1.165, 1.54) is 0 Å². The van der Waals surface area contributed by atoms with Gasteiger partial charge in [0, 0.05) is 24.6 Å². The average molecular weight is 265 g/mol. The molecule has 1 aliphatic heterocycles. The first-order valence-electron chi connectivity index (χ1n) is 6.29. The summed E-state index contributed by atoms with van der Waals surface area (Å²) in [5.41, 5.74) is 0.799. The topological polar surface area (TPSA) is 40.5 Å². The monoisotopic (exact) mass is 265 g/mol. The Morgan fingerprint density at radius 1 is 1.39 bits per heavy atom. The first kappa shape index (κ1) is 13.4. The number of hydrogen-bond donors (Lipinski definition) is 1. The summed E-state index contributed by atoms with van der Waals surface area (Å²) in [6.45, 7) is 1.75. The highest BCUT2D eigenvalue weighted by Crippen LogP contribution is 2.24. The molecule has 0 radical (unpaired) electrons. The Morgan fingerprint density at radius 2 is 2.06 bits per heavy atom. The first-order valence-corrected chi connectivity index (χ1v) is 7.52. The van der Waals surface area contributed by atoms with E-state index in [1.807, 2.05) is 35.4 Å². The highest BCUT2D eigenvalue weighted by molar-refractivity contribution is 7.98. The second kappa shape index (κ2) is 6.25. The fourth-order valence-corrected chi connectivity index (χ4v) is 2.90. The molecule has 0 aliphatic carbocycles. The van der Waals surface area contributed by atoms with E-state index >= 15 is 0 Å². The molecule has 1 aromatic carbocycles. The van der Waals surface area contributed by atoms with Crippen LogP contribution in [0.1, 0.15) is 23.2 Å². The minimum atomic E-state index is 0.122. The number of aliphatic hydroxyl groups excluding tert-OH is 1. The lowest BCUT2D eigenvalue weighted by Gasteiger charge is -2.31. The Morgan fingerprint density at radius 3 is 2.67 bits per heavy atom. The number of carbonyl (C=O) groups excluding carboxylic acids is 1. The minimum absolute atomic E-state index is 0.122. The Bertz CT molecular complexity index is 414. The van der Waals surface area contributed by atoms with Gasteiger partial charge < -0.3 is 10.0 Å². The van der Waals surface area contributed by atoms with Crippen LogP contribution in [-0.2, 0) is 0 Å². The van der Waals surface area contributed by atoms with Crippen LogP contribution < -0.4 is 0 Å². The number of aliphatic hydroxyl groups is 1. The first-order chi connectivity index (χ1) is 8.76. The van der Waals surface area contributed by atoms with Crippen LogP contribution in [0.5, 0.6) is 0 Å². The molecule has 0 saturated carbocycles. The number of nitrogens with zero attached hydrogens (tertiary/aromatic N) is 1. The van der Waals surface area contributed by atoms with Crippen molar-refractivity contribution in [2.45, 2.75) is 17.7 Å². The van der Waals surface area contributed by atoms with Crippen molar-refractivity contribution in [2.75, 3.05) is 26.0 Å². The van der Waals surface area contributed by atoms with E-state index in [2.05, 4.69) is 0 Å². The normalized spacial score (nSPS) is 16.9. The third-order valence-electron chi connectivity index (χ3n) is 3.50. The molecular weight excluding hydrogens is 246 g/mol. The molecule has 4 heteroatoms. The highest BCUT2D eigenvalue weighted by atomic mass is 32.2. The second-order valence-electron chi connectivity index (χ2n) is 4.62. The van der Waals surface area contributed by atoms with Crippen LogP contribution >= 0.6 is 11.8 Å². The lowest BCUT2D eigenvalue weighted by atomic mass is 9.97. The number of likely N-dealkylation sites (tertiary alicyclic amines) is 1. The largest absolute Gasteiger partial charge is 0.396 e. The van der Waals surface area contributed by atoms with E-state index in [-0.39, 0.29) is 12.5 Å². The summed E-state index contributed by atoms with van der Waals surface area (Å²) in [5, 5.41) is 9.11. The molecule has 1 saturated heterocycles. The number of piperidine rings is 1. The molecular formula is C14H19NO2S. The summed E-state index contributed by atoms with van der Waals surface area (Å²) in [7, 11) is 0. The molecule has 0 bridgehead atoms. The molecule has 0 unspecified atom stereocenters. The molecule has 0 aromatic heterocycles. The molecule has 3 nitrogen and oxygen atoms in total. The quantitative estimate of drug-likeness (QED) is 0.852. The van der Waals surface area contributed by atoms with Gasteiger partial charge in [0.15, 0.2) is 0 Å². The molecule has 1 aromatic rings. The van der Waals surface area contributed by atoms with Crippen molar-refractivity contribution < 1.29 is 9.90 Å². The fourth-order valence-electron chi connectivity index (χ4n) is 2.31. The molecule has 1 fully saturated rings. The van der Waals surface area contributed by atoms with Gasteiger partial charge in [-0.05, 0) is 37.1 Å². The summed E-state index contributed by atoms with van der Waals surface area (Å²) >= 11 is 1.61. The van der Waals surface area contributed by atoms with Crippen molar-refractivity contribution in [3.05, 3.63) is 29.8 Å². The zero-order chi connectivity index (χ0) is 13.0. The molecule has 1 heterocycles. The zero-order valence-corrected chi connectivity index (χ0v) is 11.4. The van der Waals surface area contributed by atoms with Gasteiger partial charge >= 0.3 is 0 Å². The predicted molar refractivity (Wildman–Crippen MR) is 73.9 cm³/mol. The highest BCUT2D eigenvalue weighted by Gasteiger charge is 2.24. The van der Waals surface area contributed by atoms with Crippen LogP contribution in [0.25, 0.3) is 0 Å². The molecule has 98 valence electrons. The van der Waals surface area contributed by atoms with Crippen LogP contribution in [0.4, 0.5) is 0 Å². The molecule has 1 aliphatic rings. The van der Waals surface area contributed by atoms with Crippen molar-refractivity contribution in [2.24, 2.45) is 5.92 Å². The lowest BCUT2D eigenvalue weighted by molar-refractivity contribution is 0.0647. The summed E-state index contributed by atoms with van der Waals surface area (Å²) in [6, 6.07) is 7.75. The maximum atomic E-state index is 12.4. The number of hydrogen-bond acceptors (Lipinski definition) is 3. The average Bonchev–Trinajstić information content (AvgIpc) is 2.46. The second-order valence-corrected chi connectivity index (χ2v) is 5.47. The summed E-state index contributed by atoms with van der Waals surface area (Å²) in [6.07, 6.45) is 3.80. The fraction of sp³-hybridized carbons (Fsp3) is 0.500. The van der Waals surface area contributed by atoms with Crippen LogP contribution in [0.2, 0.25) is 0 Å². The van der Waals surface area contributed by atoms with Crippen molar-refractivity contribution in [3.8, 4) is 0 Å². The van der Waals surface area contributed by atoms with Gasteiger partial charge in [-0.3, -0.25) is 4.79 Å². The molecule has 2 rings (SSSR count).